The number of tetrazole rings is 1. The van der Waals surface area contributed by atoms with Crippen LogP contribution in [-0.2, 0) is 18.4 Å². The third-order valence-corrected chi connectivity index (χ3v) is 4.51. The molecule has 2 aromatic rings. The topological polar surface area (TPSA) is 82.4 Å². The molecule has 0 N–H and O–H groups in total. The highest BCUT2D eigenvalue weighted by atomic mass is 32.2. The number of ether oxygens (including phenoxy) is 2. The number of aryl methyl sites for hydroxylation is 1. The molecule has 1 aromatic heterocycles. The summed E-state index contributed by atoms with van der Waals surface area (Å²) in [6.07, 6.45) is 0.318. The Kier molecular flexibility index (Phi) is 7.77. The van der Waals surface area contributed by atoms with E-state index in [2.05, 4.69) is 20.3 Å². The number of amides is 1. The molecule has 0 radical (unpaired) electrons. The molecular weight excluding hydrogens is 380 g/mol. The maximum atomic E-state index is 12.5. The smallest absolute Gasteiger partial charge is 0.387 e. The molecule has 0 atom stereocenters. The van der Waals surface area contributed by atoms with Gasteiger partial charge in [0.2, 0.25) is 11.1 Å². The van der Waals surface area contributed by atoms with Crippen molar-refractivity contribution >= 4 is 17.7 Å². The van der Waals surface area contributed by atoms with Crippen molar-refractivity contribution in [1.29, 1.82) is 0 Å². The number of halogens is 2. The van der Waals surface area contributed by atoms with Gasteiger partial charge in [0.15, 0.2) is 11.5 Å². The largest absolute Gasteiger partial charge is 0.490 e. The quantitative estimate of drug-likeness (QED) is 0.565. The van der Waals surface area contributed by atoms with Crippen molar-refractivity contribution in [2.24, 2.45) is 7.05 Å². The van der Waals surface area contributed by atoms with Crippen molar-refractivity contribution in [1.82, 2.24) is 25.1 Å². The van der Waals surface area contributed by atoms with Crippen LogP contribution in [0.2, 0.25) is 0 Å². The Labute approximate surface area is 159 Å². The van der Waals surface area contributed by atoms with E-state index in [0.717, 1.165) is 5.56 Å². The van der Waals surface area contributed by atoms with Crippen LogP contribution in [0.3, 0.4) is 0 Å². The first-order valence-electron chi connectivity index (χ1n) is 8.20. The molecule has 0 saturated heterocycles. The van der Waals surface area contributed by atoms with E-state index in [1.54, 1.807) is 38.1 Å². The molecule has 27 heavy (non-hydrogen) atoms. The Morgan fingerprint density at radius 3 is 2.78 bits per heavy atom. The minimum Gasteiger partial charge on any atom is -0.490 e. The summed E-state index contributed by atoms with van der Waals surface area (Å²) in [4.78, 5) is 13.8. The van der Waals surface area contributed by atoms with E-state index in [-0.39, 0.29) is 17.4 Å². The third kappa shape index (κ3) is 6.35. The predicted octanol–water partition coefficient (Wildman–Crippen LogP) is 2.35. The Balaban J connectivity index is 1.91. The second kappa shape index (κ2) is 10.0. The van der Waals surface area contributed by atoms with Crippen LogP contribution in [0.4, 0.5) is 8.78 Å². The van der Waals surface area contributed by atoms with E-state index in [1.165, 1.54) is 22.5 Å². The van der Waals surface area contributed by atoms with Crippen LogP contribution in [0.5, 0.6) is 11.5 Å². The molecule has 0 bridgehead atoms. The van der Waals surface area contributed by atoms with Crippen molar-refractivity contribution in [3.05, 3.63) is 23.8 Å². The Morgan fingerprint density at radius 2 is 2.15 bits per heavy atom. The highest BCUT2D eigenvalue weighted by Gasteiger charge is 2.15. The Morgan fingerprint density at radius 1 is 1.37 bits per heavy atom. The number of hydrogen-bond donors (Lipinski definition) is 0. The lowest BCUT2D eigenvalue weighted by Gasteiger charge is -2.18. The Hall–Kier alpha value is -2.43. The normalized spacial score (nSPS) is 10.9. The van der Waals surface area contributed by atoms with Gasteiger partial charge in [-0.1, -0.05) is 17.8 Å². The summed E-state index contributed by atoms with van der Waals surface area (Å²) in [7, 11) is 3.41. The van der Waals surface area contributed by atoms with Gasteiger partial charge in [-0.2, -0.15) is 8.78 Å². The monoisotopic (exact) mass is 401 g/mol. The summed E-state index contributed by atoms with van der Waals surface area (Å²) in [6.45, 7) is -0.546. The number of nitrogens with zero attached hydrogens (tertiary/aromatic N) is 5. The van der Waals surface area contributed by atoms with Crippen molar-refractivity contribution in [3.8, 4) is 11.5 Å². The van der Waals surface area contributed by atoms with Gasteiger partial charge in [-0.3, -0.25) is 4.79 Å². The number of benzene rings is 1. The van der Waals surface area contributed by atoms with Crippen LogP contribution >= 0.6 is 11.8 Å². The van der Waals surface area contributed by atoms with E-state index in [1.807, 2.05) is 0 Å². The molecule has 148 valence electrons. The van der Waals surface area contributed by atoms with Gasteiger partial charge < -0.3 is 14.4 Å². The Bertz CT molecular complexity index is 759. The first-order chi connectivity index (χ1) is 12.9. The predicted molar refractivity (Wildman–Crippen MR) is 94.9 cm³/mol. The molecule has 0 spiro atoms. The summed E-state index contributed by atoms with van der Waals surface area (Å²) in [5.74, 6) is 0.686. The van der Waals surface area contributed by atoms with Crippen LogP contribution in [0.25, 0.3) is 0 Å². The van der Waals surface area contributed by atoms with Gasteiger partial charge in [-0.25, -0.2) is 4.68 Å². The molecule has 8 nitrogen and oxygen atoms in total. The van der Waals surface area contributed by atoms with Crippen LogP contribution in [0.15, 0.2) is 23.4 Å². The molecule has 0 aliphatic rings. The summed E-state index contributed by atoms with van der Waals surface area (Å²) in [5.41, 5.74) is 0.751. The van der Waals surface area contributed by atoms with Crippen LogP contribution in [0.1, 0.15) is 18.9 Å². The average Bonchev–Trinajstić information content (AvgIpc) is 3.02. The van der Waals surface area contributed by atoms with E-state index < -0.39 is 6.61 Å². The average molecular weight is 401 g/mol. The molecule has 1 aromatic carbocycles. The zero-order chi connectivity index (χ0) is 19.8. The molecule has 0 aliphatic carbocycles. The zero-order valence-corrected chi connectivity index (χ0v) is 16.1. The molecule has 0 aliphatic heterocycles. The fraction of sp³-hybridized carbons (Fsp3) is 0.500. The van der Waals surface area contributed by atoms with Crippen LogP contribution in [0, 0.1) is 0 Å². The molecule has 0 fully saturated rings. The molecular formula is C16H21F2N5O3S. The van der Waals surface area contributed by atoms with E-state index >= 15 is 0 Å². The molecule has 0 saturated carbocycles. The van der Waals surface area contributed by atoms with E-state index in [4.69, 9.17) is 4.74 Å². The first kappa shape index (κ1) is 20.9. The van der Waals surface area contributed by atoms with Gasteiger partial charge in [0.1, 0.15) is 0 Å². The van der Waals surface area contributed by atoms with Gasteiger partial charge in [-0.15, -0.1) is 5.10 Å². The second-order valence-corrected chi connectivity index (χ2v) is 6.59. The first-order valence-corrected chi connectivity index (χ1v) is 9.19. The van der Waals surface area contributed by atoms with Gasteiger partial charge in [0.05, 0.1) is 6.61 Å². The van der Waals surface area contributed by atoms with Gasteiger partial charge in [0.25, 0.3) is 0 Å². The standard InChI is InChI=1S/C16H21F2N5O3S/c1-4-25-13-9-11(5-6-12(13)26-15(17)18)10-22(2)14(24)7-8-27-16-19-20-21-23(16)3/h5-6,9,15H,4,7-8,10H2,1-3H3. The summed E-state index contributed by atoms with van der Waals surface area (Å²) in [5, 5.41) is 11.7. The molecule has 11 heteroatoms. The van der Waals surface area contributed by atoms with Gasteiger partial charge in [-0.05, 0) is 35.0 Å². The van der Waals surface area contributed by atoms with Crippen LogP contribution in [-0.4, -0.2) is 57.0 Å². The van der Waals surface area contributed by atoms with E-state index in [0.29, 0.717) is 30.5 Å². The van der Waals surface area contributed by atoms with Crippen molar-refractivity contribution in [3.63, 3.8) is 0 Å². The molecule has 2 rings (SSSR count). The zero-order valence-electron chi connectivity index (χ0n) is 15.3. The number of carbonyl (C=O) groups is 1. The minimum absolute atomic E-state index is 0.0294. The number of hydrogen-bond acceptors (Lipinski definition) is 7. The number of carbonyl (C=O) groups excluding carboxylic acids is 1. The molecule has 0 unspecified atom stereocenters. The van der Waals surface area contributed by atoms with Gasteiger partial charge >= 0.3 is 6.61 Å². The summed E-state index contributed by atoms with van der Waals surface area (Å²) in [6, 6.07) is 4.65. The van der Waals surface area contributed by atoms with E-state index in [9.17, 15) is 13.6 Å². The molecule has 1 amide bonds. The highest BCUT2D eigenvalue weighted by molar-refractivity contribution is 7.99. The van der Waals surface area contributed by atoms with Gasteiger partial charge in [0, 0.05) is 32.8 Å². The number of aromatic nitrogens is 4. The maximum absolute atomic E-state index is 12.5. The lowest BCUT2D eigenvalue weighted by molar-refractivity contribution is -0.129. The van der Waals surface area contributed by atoms with Crippen molar-refractivity contribution in [2.45, 2.75) is 31.7 Å². The lowest BCUT2D eigenvalue weighted by Crippen LogP contribution is -2.26. The van der Waals surface area contributed by atoms with Crippen molar-refractivity contribution < 1.29 is 23.0 Å². The maximum Gasteiger partial charge on any atom is 0.387 e. The fourth-order valence-corrected chi connectivity index (χ4v) is 3.02. The minimum atomic E-state index is -2.93. The number of thioether (sulfide) groups is 1. The second-order valence-electron chi connectivity index (χ2n) is 5.53. The fourth-order valence-electron chi connectivity index (χ4n) is 2.24. The van der Waals surface area contributed by atoms with Crippen molar-refractivity contribution in [2.75, 3.05) is 19.4 Å². The third-order valence-electron chi connectivity index (χ3n) is 3.50. The number of alkyl halides is 2. The lowest BCUT2D eigenvalue weighted by atomic mass is 10.2. The summed E-state index contributed by atoms with van der Waals surface area (Å²) >= 11 is 1.39. The van der Waals surface area contributed by atoms with Crippen LogP contribution < -0.4 is 9.47 Å². The number of rotatable bonds is 10. The SMILES string of the molecule is CCOc1cc(CN(C)C(=O)CCSc2nnnn2C)ccc1OC(F)F. The summed E-state index contributed by atoms with van der Waals surface area (Å²) < 4.78 is 36.2. The highest BCUT2D eigenvalue weighted by Crippen LogP contribution is 2.30. The molecule has 1 heterocycles.